The third kappa shape index (κ3) is 3.91. The van der Waals surface area contributed by atoms with Crippen molar-refractivity contribution in [2.75, 3.05) is 10.6 Å². The molecule has 0 radical (unpaired) electrons. The van der Waals surface area contributed by atoms with Gasteiger partial charge in [0, 0.05) is 31.1 Å². The number of halogens is 4. The lowest BCUT2D eigenvalue weighted by Gasteiger charge is -2.22. The number of aromatic nitrogens is 7. The van der Waals surface area contributed by atoms with Gasteiger partial charge in [-0.05, 0) is 25.1 Å². The number of imidazole rings is 2. The highest BCUT2D eigenvalue weighted by Gasteiger charge is 2.28. The Morgan fingerprint density at radius 2 is 1.87 bits per heavy atom. The van der Waals surface area contributed by atoms with Crippen molar-refractivity contribution >= 4 is 39.7 Å². The Morgan fingerprint density at radius 3 is 2.59 bits per heavy atom. The van der Waals surface area contributed by atoms with Gasteiger partial charge in [0.15, 0.2) is 11.6 Å². The van der Waals surface area contributed by atoms with Crippen LogP contribution in [0.4, 0.5) is 29.2 Å². The molecule has 0 saturated heterocycles. The van der Waals surface area contributed by atoms with E-state index in [-0.39, 0.29) is 40.5 Å². The van der Waals surface area contributed by atoms with Crippen LogP contribution < -0.4 is 10.6 Å². The molecule has 1 aromatic carbocycles. The normalized spacial score (nSPS) is 11.9. The van der Waals surface area contributed by atoms with Gasteiger partial charge in [-0.15, -0.1) is 0 Å². The Bertz CT molecular complexity index is 1900. The molecule has 0 saturated carbocycles. The predicted octanol–water partition coefficient (Wildman–Crippen LogP) is 4.22. The summed E-state index contributed by atoms with van der Waals surface area (Å²) < 4.78 is 60.8. The van der Waals surface area contributed by atoms with Crippen molar-refractivity contribution in [3.05, 3.63) is 83.3 Å². The number of anilines is 2. The van der Waals surface area contributed by atoms with Gasteiger partial charge in [-0.1, -0.05) is 0 Å². The zero-order valence-electron chi connectivity index (χ0n) is 20.5. The van der Waals surface area contributed by atoms with Gasteiger partial charge in [-0.2, -0.15) is 5.10 Å². The zero-order valence-corrected chi connectivity index (χ0v) is 20.5. The topological polar surface area (TPSA) is 112 Å². The number of nitrogens with zero attached hydrogens (tertiary/aromatic N) is 8. The Morgan fingerprint density at radius 1 is 1.08 bits per heavy atom. The summed E-state index contributed by atoms with van der Waals surface area (Å²) in [6.45, 7) is 1.41. The molecule has 0 unspecified atom stereocenters. The number of hydrogen-bond acceptors (Lipinski definition) is 6. The lowest BCUT2D eigenvalue weighted by molar-refractivity contribution is 0.0978. The maximum Gasteiger partial charge on any atom is 0.265 e. The second-order valence-corrected chi connectivity index (χ2v) is 8.94. The number of alkyl halides is 2. The predicted molar refractivity (Wildman–Crippen MR) is 133 cm³/mol. The number of aryl methyl sites for hydroxylation is 2. The Labute approximate surface area is 216 Å². The third-order valence-corrected chi connectivity index (χ3v) is 6.44. The molecular formula is C25H19F4N9O. The maximum absolute atomic E-state index is 15.4. The molecule has 0 aliphatic rings. The van der Waals surface area contributed by atoms with Gasteiger partial charge in [-0.25, -0.2) is 37.2 Å². The first-order valence-corrected chi connectivity index (χ1v) is 11.6. The molecule has 0 aliphatic heterocycles. The Kier molecular flexibility index (Phi) is 5.48. The van der Waals surface area contributed by atoms with Crippen LogP contribution in [0.5, 0.6) is 0 Å². The van der Waals surface area contributed by atoms with Crippen LogP contribution in [0.2, 0.25) is 0 Å². The van der Waals surface area contributed by atoms with Crippen LogP contribution in [0.15, 0.2) is 49.1 Å². The number of amides is 1. The largest absolute Gasteiger partial charge is 0.382 e. The minimum Gasteiger partial charge on any atom is -0.382 e. The number of fused-ring (bicyclic) bond motifs is 4. The van der Waals surface area contributed by atoms with Crippen molar-refractivity contribution in [2.45, 2.75) is 19.9 Å². The number of hydrogen-bond donors (Lipinski definition) is 1. The standard InChI is InChI=1S/C25H19F4N9O/c1-12-31-8-20-23(30)34-18-6-16(26)15(5-19(18)38(12)20)25(39)37(24-17(27)7-32-35(24)2)11-14-10-36-9-13(22(28)29)3-4-21(36)33-14/h3-10,22H,11H2,1-2H3,(H2,30,34). The quantitative estimate of drug-likeness (QED) is 0.330. The highest BCUT2D eigenvalue weighted by atomic mass is 19.3. The number of benzene rings is 1. The molecule has 39 heavy (non-hydrogen) atoms. The summed E-state index contributed by atoms with van der Waals surface area (Å²) >= 11 is 0. The molecule has 1 amide bonds. The summed E-state index contributed by atoms with van der Waals surface area (Å²) in [5.41, 5.74) is 7.05. The first-order chi connectivity index (χ1) is 18.6. The first-order valence-electron chi connectivity index (χ1n) is 11.6. The number of carbonyl (C=O) groups is 1. The SMILES string of the molecule is Cc1ncc2c(N)nc3cc(F)c(C(=O)N(Cc4cn5cc(C(F)F)ccc5n4)c4c(F)cnn4C)cc3n12. The van der Waals surface area contributed by atoms with E-state index < -0.39 is 24.0 Å². The molecule has 0 atom stereocenters. The first kappa shape index (κ1) is 24.3. The van der Waals surface area contributed by atoms with Crippen LogP contribution >= 0.6 is 0 Å². The minimum absolute atomic E-state index is 0.141. The summed E-state index contributed by atoms with van der Waals surface area (Å²) in [6.07, 6.45) is 2.41. The van der Waals surface area contributed by atoms with Gasteiger partial charge < -0.3 is 10.1 Å². The van der Waals surface area contributed by atoms with Gasteiger partial charge in [0.1, 0.15) is 28.6 Å². The van der Waals surface area contributed by atoms with Gasteiger partial charge in [0.25, 0.3) is 12.3 Å². The molecule has 5 heterocycles. The molecule has 0 bridgehead atoms. The van der Waals surface area contributed by atoms with Crippen LogP contribution in [0.3, 0.4) is 0 Å². The van der Waals surface area contributed by atoms with Crippen molar-refractivity contribution < 1.29 is 22.4 Å². The fourth-order valence-electron chi connectivity index (χ4n) is 4.63. The minimum atomic E-state index is -2.69. The van der Waals surface area contributed by atoms with Crippen LogP contribution in [-0.2, 0) is 13.6 Å². The second-order valence-electron chi connectivity index (χ2n) is 8.94. The van der Waals surface area contributed by atoms with Gasteiger partial charge in [0.05, 0.1) is 41.2 Å². The van der Waals surface area contributed by atoms with E-state index in [1.54, 1.807) is 11.3 Å². The average molecular weight is 537 g/mol. The van der Waals surface area contributed by atoms with Crippen LogP contribution in [0, 0.1) is 18.6 Å². The maximum atomic E-state index is 15.4. The molecule has 0 spiro atoms. The van der Waals surface area contributed by atoms with E-state index in [1.807, 2.05) is 0 Å². The monoisotopic (exact) mass is 537 g/mol. The average Bonchev–Trinajstić information content (AvgIpc) is 3.58. The zero-order chi connectivity index (χ0) is 27.6. The Balaban J connectivity index is 1.49. The molecule has 198 valence electrons. The lowest BCUT2D eigenvalue weighted by Crippen LogP contribution is -2.33. The van der Waals surface area contributed by atoms with Crippen molar-refractivity contribution in [3.63, 3.8) is 0 Å². The molecule has 2 N–H and O–H groups in total. The van der Waals surface area contributed by atoms with Crippen molar-refractivity contribution in [3.8, 4) is 0 Å². The molecule has 0 fully saturated rings. The summed E-state index contributed by atoms with van der Waals surface area (Å²) in [7, 11) is 1.43. The summed E-state index contributed by atoms with van der Waals surface area (Å²) in [5, 5.41) is 3.86. The number of carbonyl (C=O) groups excluding carboxylic acids is 1. The fraction of sp³-hybridized carbons (Fsp3) is 0.160. The number of nitrogens with two attached hydrogens (primary N) is 1. The fourth-order valence-corrected chi connectivity index (χ4v) is 4.63. The number of pyridine rings is 1. The summed E-state index contributed by atoms with van der Waals surface area (Å²) in [5.74, 6) is -2.16. The van der Waals surface area contributed by atoms with E-state index in [4.69, 9.17) is 5.73 Å². The van der Waals surface area contributed by atoms with Gasteiger partial charge >= 0.3 is 0 Å². The van der Waals surface area contributed by atoms with Gasteiger partial charge in [0.2, 0.25) is 0 Å². The Hall–Kier alpha value is -5.01. The van der Waals surface area contributed by atoms with Crippen LogP contribution in [-0.4, -0.2) is 39.4 Å². The van der Waals surface area contributed by atoms with E-state index in [0.717, 1.165) is 21.8 Å². The third-order valence-electron chi connectivity index (χ3n) is 6.44. The summed E-state index contributed by atoms with van der Waals surface area (Å²) in [6, 6.07) is 5.03. The smallest absolute Gasteiger partial charge is 0.265 e. The summed E-state index contributed by atoms with van der Waals surface area (Å²) in [4.78, 5) is 27.7. The molecule has 6 aromatic rings. The van der Waals surface area contributed by atoms with E-state index in [1.165, 1.54) is 48.2 Å². The van der Waals surface area contributed by atoms with Crippen molar-refractivity contribution in [2.24, 2.45) is 7.05 Å². The second kappa shape index (κ2) is 8.79. The van der Waals surface area contributed by atoms with Crippen molar-refractivity contribution in [1.82, 2.24) is 33.5 Å². The van der Waals surface area contributed by atoms with Gasteiger partial charge in [-0.3, -0.25) is 14.1 Å². The van der Waals surface area contributed by atoms with Crippen LogP contribution in [0.25, 0.3) is 22.2 Å². The van der Waals surface area contributed by atoms with E-state index in [0.29, 0.717) is 22.5 Å². The number of nitrogen functional groups attached to an aromatic ring is 1. The molecule has 6 rings (SSSR count). The van der Waals surface area contributed by atoms with Crippen molar-refractivity contribution in [1.29, 1.82) is 0 Å². The highest BCUT2D eigenvalue weighted by Crippen LogP contribution is 2.28. The van der Waals surface area contributed by atoms with Crippen LogP contribution in [0.1, 0.15) is 33.9 Å². The van der Waals surface area contributed by atoms with E-state index >= 15 is 4.39 Å². The molecule has 10 nitrogen and oxygen atoms in total. The molecule has 0 aliphatic carbocycles. The van der Waals surface area contributed by atoms with E-state index in [2.05, 4.69) is 20.1 Å². The molecule has 14 heteroatoms. The molecule has 5 aromatic heterocycles. The highest BCUT2D eigenvalue weighted by molar-refractivity contribution is 6.07. The van der Waals surface area contributed by atoms with E-state index in [9.17, 15) is 18.0 Å². The molecular weight excluding hydrogens is 518 g/mol. The lowest BCUT2D eigenvalue weighted by atomic mass is 10.1. The number of rotatable bonds is 5.